The maximum absolute atomic E-state index is 16.1. The van der Waals surface area contributed by atoms with E-state index in [-0.39, 0.29) is 16.8 Å². The first-order chi connectivity index (χ1) is 21.8. The summed E-state index contributed by atoms with van der Waals surface area (Å²) in [5, 5.41) is 6.12. The Kier molecular flexibility index (Phi) is 6.79. The highest BCUT2D eigenvalue weighted by Crippen LogP contribution is 2.59. The van der Waals surface area contributed by atoms with Crippen LogP contribution in [0.5, 0.6) is 0 Å². The Bertz CT molecular complexity index is 2020. The molecule has 0 amide bonds. The van der Waals surface area contributed by atoms with Crippen molar-refractivity contribution in [2.75, 3.05) is 0 Å². The molecule has 0 spiro atoms. The zero-order valence-electron chi connectivity index (χ0n) is 27.3. The summed E-state index contributed by atoms with van der Waals surface area (Å²) in [5.41, 5.74) is 4.30. The Labute approximate surface area is 267 Å². The summed E-state index contributed by atoms with van der Waals surface area (Å²) in [7, 11) is 1.55. The Hall–Kier alpha value is -4.07. The third-order valence-electron chi connectivity index (χ3n) is 11.4. The van der Waals surface area contributed by atoms with E-state index in [1.165, 1.54) is 15.6 Å². The molecule has 0 saturated carbocycles. The lowest BCUT2D eigenvalue weighted by Gasteiger charge is -2.50. The number of nitrogens with zero attached hydrogens (tertiary/aromatic N) is 4. The lowest BCUT2D eigenvalue weighted by atomic mass is 9.55. The summed E-state index contributed by atoms with van der Waals surface area (Å²) >= 11 is 0. The Balaban J connectivity index is 1.36. The van der Waals surface area contributed by atoms with E-state index >= 15 is 4.39 Å². The predicted octanol–water partition coefficient (Wildman–Crippen LogP) is 8.55. The van der Waals surface area contributed by atoms with E-state index in [0.29, 0.717) is 17.9 Å². The van der Waals surface area contributed by atoms with Crippen LogP contribution >= 0.6 is 0 Å². The third kappa shape index (κ3) is 4.00. The van der Waals surface area contributed by atoms with Crippen molar-refractivity contribution in [1.29, 1.82) is 0 Å². The second-order valence-electron chi connectivity index (χ2n) is 13.8. The molecule has 2 atom stereocenters. The van der Waals surface area contributed by atoms with Gasteiger partial charge in [0.2, 0.25) is 11.4 Å². The average molecular weight is 629 g/mol. The zero-order chi connectivity index (χ0) is 32.8. The van der Waals surface area contributed by atoms with Gasteiger partial charge >= 0.3 is 6.18 Å². The van der Waals surface area contributed by atoms with Gasteiger partial charge in [-0.25, -0.2) is 4.39 Å². The molecule has 4 nitrogen and oxygen atoms in total. The number of alkyl halides is 3. The maximum Gasteiger partial charge on any atom is 0.435 e. The third-order valence-corrected chi connectivity index (χ3v) is 11.4. The number of hydrogen-bond acceptors (Lipinski definition) is 1. The largest absolute Gasteiger partial charge is 0.435 e. The van der Waals surface area contributed by atoms with Gasteiger partial charge in [-0.2, -0.15) is 27.4 Å². The summed E-state index contributed by atoms with van der Waals surface area (Å²) in [6.07, 6.45) is 2.94. The van der Waals surface area contributed by atoms with Crippen molar-refractivity contribution in [3.05, 3.63) is 101 Å². The summed E-state index contributed by atoms with van der Waals surface area (Å²) in [6.45, 7) is 11.7. The minimum absolute atomic E-state index is 0.175. The van der Waals surface area contributed by atoms with Crippen molar-refractivity contribution in [3.63, 3.8) is 0 Å². The standard InChI is InChI=1S/C38H40F4N4/c1-7-36(5)37(8-2,19-12-21-45-20-10-9-15-28(45)29-23-30(38(40,41)42)43-44(29)6)26-16-17-27(39)33-32(26)34-31-24(18-22-46(34)36)13-11-14-25(31)35(33,3)4/h9-11,13-18,20,22-23H,7-8,12,19,21H2,1-6H3/q+2. The normalized spacial score (nSPS) is 21.2. The molecule has 0 radical (unpaired) electrons. The number of pyridine rings is 2. The molecular formula is C38H40F4N4+2. The van der Waals surface area contributed by atoms with E-state index in [1.54, 1.807) is 13.1 Å². The number of rotatable bonds is 7. The van der Waals surface area contributed by atoms with Crippen LogP contribution in [-0.2, 0) is 36.1 Å². The first-order valence-electron chi connectivity index (χ1n) is 16.2. The van der Waals surface area contributed by atoms with Gasteiger partial charge in [-0.05, 0) is 41.5 Å². The van der Waals surface area contributed by atoms with Crippen LogP contribution in [0, 0.1) is 5.82 Å². The molecule has 3 aromatic heterocycles. The van der Waals surface area contributed by atoms with Crippen LogP contribution < -0.4 is 9.13 Å². The van der Waals surface area contributed by atoms with Gasteiger partial charge in [0.1, 0.15) is 18.1 Å². The van der Waals surface area contributed by atoms with Gasteiger partial charge in [0.25, 0.3) is 0 Å². The topological polar surface area (TPSA) is 25.6 Å². The molecule has 1 aliphatic carbocycles. The Morgan fingerprint density at radius 2 is 1.67 bits per heavy atom. The molecule has 8 heteroatoms. The monoisotopic (exact) mass is 628 g/mol. The number of hydrogen-bond donors (Lipinski definition) is 0. The maximum atomic E-state index is 16.1. The highest BCUT2D eigenvalue weighted by molar-refractivity contribution is 6.01. The summed E-state index contributed by atoms with van der Waals surface area (Å²) < 4.78 is 62.4. The van der Waals surface area contributed by atoms with Crippen molar-refractivity contribution in [3.8, 4) is 22.6 Å². The zero-order valence-corrected chi connectivity index (χ0v) is 27.3. The molecule has 2 aromatic carbocycles. The molecule has 238 valence electrons. The van der Waals surface area contributed by atoms with Gasteiger partial charge < -0.3 is 0 Å². The molecule has 5 aromatic rings. The van der Waals surface area contributed by atoms with Gasteiger partial charge in [-0.15, -0.1) is 0 Å². The Morgan fingerprint density at radius 1 is 0.891 bits per heavy atom. The van der Waals surface area contributed by atoms with E-state index in [1.807, 2.05) is 35.0 Å². The summed E-state index contributed by atoms with van der Waals surface area (Å²) in [4.78, 5) is 0. The van der Waals surface area contributed by atoms with Crippen LogP contribution in [0.4, 0.5) is 17.6 Å². The fraction of sp³-hybridized carbons (Fsp3) is 0.395. The second kappa shape index (κ2) is 10.2. The summed E-state index contributed by atoms with van der Waals surface area (Å²) in [5.74, 6) is -0.175. The minimum atomic E-state index is -4.52. The molecular weight excluding hydrogens is 588 g/mol. The molecule has 0 N–H and O–H groups in total. The first kappa shape index (κ1) is 30.6. The minimum Gasteiger partial charge on any atom is -0.261 e. The van der Waals surface area contributed by atoms with Crippen molar-refractivity contribution in [1.82, 2.24) is 9.78 Å². The van der Waals surface area contributed by atoms with Crippen LogP contribution in [0.15, 0.2) is 73.1 Å². The van der Waals surface area contributed by atoms with Crippen LogP contribution in [0.2, 0.25) is 0 Å². The number of benzene rings is 2. The van der Waals surface area contributed by atoms with Crippen LogP contribution in [-0.4, -0.2) is 9.78 Å². The number of halogens is 4. The quantitative estimate of drug-likeness (QED) is 0.131. The lowest BCUT2D eigenvalue weighted by molar-refractivity contribution is -0.765. The van der Waals surface area contributed by atoms with Crippen molar-refractivity contribution >= 4 is 10.8 Å². The molecule has 2 unspecified atom stereocenters. The molecule has 0 fully saturated rings. The van der Waals surface area contributed by atoms with E-state index in [0.717, 1.165) is 59.5 Å². The molecule has 1 aliphatic heterocycles. The van der Waals surface area contributed by atoms with Gasteiger partial charge in [0.15, 0.2) is 23.6 Å². The predicted molar refractivity (Wildman–Crippen MR) is 171 cm³/mol. The van der Waals surface area contributed by atoms with E-state index in [4.69, 9.17) is 0 Å². The van der Waals surface area contributed by atoms with E-state index in [2.05, 4.69) is 74.7 Å². The molecule has 0 bridgehead atoms. The van der Waals surface area contributed by atoms with Crippen molar-refractivity contribution in [2.45, 2.75) is 89.4 Å². The van der Waals surface area contributed by atoms with Crippen molar-refractivity contribution < 1.29 is 26.7 Å². The van der Waals surface area contributed by atoms with Crippen LogP contribution in [0.3, 0.4) is 0 Å². The molecule has 0 saturated heterocycles. The molecule has 2 aliphatic rings. The number of aromatic nitrogens is 4. The first-order valence-corrected chi connectivity index (χ1v) is 16.2. The number of aryl methyl sites for hydroxylation is 2. The fourth-order valence-corrected chi connectivity index (χ4v) is 8.95. The second-order valence-corrected chi connectivity index (χ2v) is 13.8. The lowest BCUT2D eigenvalue weighted by Crippen LogP contribution is -2.69. The highest BCUT2D eigenvalue weighted by Gasteiger charge is 2.61. The summed E-state index contributed by atoms with van der Waals surface area (Å²) in [6, 6.07) is 19.0. The van der Waals surface area contributed by atoms with Crippen LogP contribution in [0.1, 0.15) is 82.7 Å². The van der Waals surface area contributed by atoms with Gasteiger partial charge in [-0.3, -0.25) is 4.68 Å². The fourth-order valence-electron chi connectivity index (χ4n) is 8.95. The Morgan fingerprint density at radius 3 is 2.37 bits per heavy atom. The van der Waals surface area contributed by atoms with Crippen molar-refractivity contribution in [2.24, 2.45) is 7.05 Å². The van der Waals surface area contributed by atoms with E-state index < -0.39 is 17.3 Å². The average Bonchev–Trinajstić information content (AvgIpc) is 3.43. The molecule has 4 heterocycles. The van der Waals surface area contributed by atoms with Gasteiger partial charge in [-0.1, -0.05) is 52.0 Å². The van der Waals surface area contributed by atoms with Crippen LogP contribution in [0.25, 0.3) is 33.4 Å². The molecule has 46 heavy (non-hydrogen) atoms. The van der Waals surface area contributed by atoms with Gasteiger partial charge in [0, 0.05) is 62.1 Å². The smallest absolute Gasteiger partial charge is 0.261 e. The SMILES string of the molecule is CCC1(CCC[n+]2ccccc2-c2cc(C(F)(F)F)nn2C)c2ccc(F)c3c2-c2c4c(cccc4cc[n+]2C1(C)CC)C3(C)C. The van der Waals surface area contributed by atoms with Gasteiger partial charge in [0.05, 0.1) is 16.4 Å². The van der Waals surface area contributed by atoms with E-state index in [9.17, 15) is 13.2 Å². The molecule has 7 rings (SSSR count). The highest BCUT2D eigenvalue weighted by atomic mass is 19.4.